The van der Waals surface area contributed by atoms with Gasteiger partial charge >= 0.3 is 11.8 Å². The first-order valence-electron chi connectivity index (χ1n) is 12.9. The summed E-state index contributed by atoms with van der Waals surface area (Å²) in [4.78, 5) is 26.3. The van der Waals surface area contributed by atoms with Crippen LogP contribution < -0.4 is 5.76 Å². The maximum Gasteiger partial charge on any atom is 0.421 e. The zero-order valence-electron chi connectivity index (χ0n) is 21.4. The highest BCUT2D eigenvalue weighted by Crippen LogP contribution is 2.42. The highest BCUT2D eigenvalue weighted by molar-refractivity contribution is 7.92. The fourth-order valence-corrected chi connectivity index (χ4v) is 7.47. The molecule has 6 rings (SSSR count). The van der Waals surface area contributed by atoms with E-state index < -0.39 is 32.5 Å². The maximum absolute atomic E-state index is 13.8. The van der Waals surface area contributed by atoms with Gasteiger partial charge in [-0.15, -0.1) is 0 Å². The summed E-state index contributed by atoms with van der Waals surface area (Å²) >= 11 is 0. The van der Waals surface area contributed by atoms with E-state index >= 15 is 0 Å². The Morgan fingerprint density at radius 1 is 0.825 bits per heavy atom. The number of benzene rings is 4. The second-order valence-electron chi connectivity index (χ2n) is 9.83. The largest absolute Gasteiger partial charge is 0.465 e. The Morgan fingerprint density at radius 2 is 1.35 bits per heavy atom. The molecule has 1 N–H and O–H groups in total. The molecule has 1 fully saturated rings. The van der Waals surface area contributed by atoms with Gasteiger partial charge in [-0.2, -0.15) is 0 Å². The van der Waals surface area contributed by atoms with Gasteiger partial charge in [-0.3, -0.25) is 4.57 Å². The van der Waals surface area contributed by atoms with E-state index in [1.807, 2.05) is 91.0 Å². The molecule has 5 aromatic rings. The summed E-state index contributed by atoms with van der Waals surface area (Å²) in [5.41, 5.74) is 1.92. The summed E-state index contributed by atoms with van der Waals surface area (Å²) in [5, 5.41) is 8.41. The van der Waals surface area contributed by atoms with Gasteiger partial charge < -0.3 is 14.4 Å². The molecule has 1 aromatic heterocycles. The molecular weight excluding hydrogens is 528 g/mol. The first-order valence-corrected chi connectivity index (χ1v) is 14.4. The van der Waals surface area contributed by atoms with Crippen LogP contribution in [0.1, 0.15) is 23.1 Å². The van der Waals surface area contributed by atoms with Crippen molar-refractivity contribution < 1.29 is 22.7 Å². The fraction of sp³-hybridized carbons (Fsp3) is 0.161. The van der Waals surface area contributed by atoms with Gasteiger partial charge in [0.2, 0.25) is 0 Å². The molecule has 0 aliphatic carbocycles. The standard InChI is InChI=1S/C31H26N2O6S/c34-29(35)32-19-18-26(21-32)40(37,38)25-16-17-27-28(20-25)39-30(36)33(27)31(22-10-4-1-5-11-22,23-12-6-2-7-13-23)24-14-8-3-9-15-24/h1-17,20,26H,18-19,21H2,(H,34,35). The number of rotatable bonds is 6. The van der Waals surface area contributed by atoms with Crippen LogP contribution in [0.2, 0.25) is 0 Å². The van der Waals surface area contributed by atoms with Crippen LogP contribution in [0.5, 0.6) is 0 Å². The van der Waals surface area contributed by atoms with E-state index in [0.29, 0.717) is 5.52 Å². The molecule has 0 radical (unpaired) electrons. The molecule has 1 unspecified atom stereocenters. The molecule has 202 valence electrons. The maximum atomic E-state index is 13.8. The lowest BCUT2D eigenvalue weighted by atomic mass is 9.76. The number of carboxylic acid groups (broad SMARTS) is 1. The Kier molecular flexibility index (Phi) is 6.31. The fourth-order valence-electron chi connectivity index (χ4n) is 5.77. The third-order valence-corrected chi connectivity index (χ3v) is 9.82. The molecule has 1 atom stereocenters. The lowest BCUT2D eigenvalue weighted by Crippen LogP contribution is -2.42. The second kappa shape index (κ2) is 9.84. The Bertz CT molecular complexity index is 1750. The van der Waals surface area contributed by atoms with Crippen molar-refractivity contribution in [2.24, 2.45) is 0 Å². The number of hydrogen-bond acceptors (Lipinski definition) is 5. The van der Waals surface area contributed by atoms with Gasteiger partial charge in [-0.05, 0) is 35.2 Å². The van der Waals surface area contributed by atoms with Crippen molar-refractivity contribution in [3.63, 3.8) is 0 Å². The number of carbonyl (C=O) groups is 1. The molecule has 4 aromatic carbocycles. The Labute approximate surface area is 230 Å². The van der Waals surface area contributed by atoms with Crippen molar-refractivity contribution >= 4 is 27.0 Å². The van der Waals surface area contributed by atoms with Gasteiger partial charge in [0.15, 0.2) is 15.4 Å². The number of nitrogens with zero attached hydrogens (tertiary/aromatic N) is 2. The van der Waals surface area contributed by atoms with E-state index in [0.717, 1.165) is 21.6 Å². The molecule has 0 spiro atoms. The van der Waals surface area contributed by atoms with Crippen LogP contribution in [-0.4, -0.2) is 47.4 Å². The minimum atomic E-state index is -3.87. The molecule has 1 aliphatic heterocycles. The molecule has 2 heterocycles. The quantitative estimate of drug-likeness (QED) is 0.297. The lowest BCUT2D eigenvalue weighted by Gasteiger charge is -2.36. The molecule has 0 saturated carbocycles. The van der Waals surface area contributed by atoms with Crippen molar-refractivity contribution in [2.75, 3.05) is 13.1 Å². The number of aromatic nitrogens is 1. The van der Waals surface area contributed by atoms with Crippen LogP contribution >= 0.6 is 0 Å². The molecule has 9 heteroatoms. The predicted molar refractivity (Wildman–Crippen MR) is 150 cm³/mol. The number of amides is 1. The van der Waals surface area contributed by atoms with E-state index in [4.69, 9.17) is 4.42 Å². The summed E-state index contributed by atoms with van der Waals surface area (Å²) in [6, 6.07) is 33.4. The van der Waals surface area contributed by atoms with Gasteiger partial charge in [-0.25, -0.2) is 18.0 Å². The van der Waals surface area contributed by atoms with Crippen molar-refractivity contribution in [3.05, 3.63) is 136 Å². The van der Waals surface area contributed by atoms with Crippen molar-refractivity contribution in [2.45, 2.75) is 22.1 Å². The SMILES string of the molecule is O=C(O)N1CCC(S(=O)(=O)c2ccc3c(c2)oc(=O)n3C(c2ccccc2)(c2ccccc2)c2ccccc2)C1. The van der Waals surface area contributed by atoms with Gasteiger partial charge in [-0.1, -0.05) is 91.0 Å². The van der Waals surface area contributed by atoms with Crippen LogP contribution in [0.25, 0.3) is 11.1 Å². The van der Waals surface area contributed by atoms with Gasteiger partial charge in [0.1, 0.15) is 5.54 Å². The van der Waals surface area contributed by atoms with E-state index in [1.54, 1.807) is 10.6 Å². The van der Waals surface area contributed by atoms with E-state index in [-0.39, 0.29) is 30.0 Å². The topological polar surface area (TPSA) is 110 Å². The minimum absolute atomic E-state index is 0.0112. The number of hydrogen-bond donors (Lipinski definition) is 1. The lowest BCUT2D eigenvalue weighted by molar-refractivity contribution is 0.156. The van der Waals surface area contributed by atoms with Gasteiger partial charge in [0.25, 0.3) is 0 Å². The summed E-state index contributed by atoms with van der Waals surface area (Å²) in [6.07, 6.45) is -0.938. The molecule has 1 aliphatic rings. The van der Waals surface area contributed by atoms with Crippen LogP contribution in [-0.2, 0) is 15.4 Å². The highest BCUT2D eigenvalue weighted by atomic mass is 32.2. The van der Waals surface area contributed by atoms with E-state index in [1.165, 1.54) is 12.1 Å². The molecule has 1 amide bonds. The Balaban J connectivity index is 1.59. The summed E-state index contributed by atoms with van der Waals surface area (Å²) in [5.74, 6) is -0.640. The number of likely N-dealkylation sites (tertiary alicyclic amines) is 1. The number of fused-ring (bicyclic) bond motifs is 1. The average Bonchev–Trinajstić information content (AvgIpc) is 3.61. The van der Waals surface area contributed by atoms with Crippen molar-refractivity contribution in [1.82, 2.24) is 9.47 Å². The monoisotopic (exact) mass is 554 g/mol. The molecule has 40 heavy (non-hydrogen) atoms. The molecule has 0 bridgehead atoms. The molecule has 8 nitrogen and oxygen atoms in total. The highest BCUT2D eigenvalue weighted by Gasteiger charge is 2.42. The minimum Gasteiger partial charge on any atom is -0.465 e. The normalized spacial score (nSPS) is 15.9. The number of sulfone groups is 1. The van der Waals surface area contributed by atoms with E-state index in [9.17, 15) is 23.1 Å². The van der Waals surface area contributed by atoms with Gasteiger partial charge in [0.05, 0.1) is 15.7 Å². The zero-order valence-corrected chi connectivity index (χ0v) is 22.2. The average molecular weight is 555 g/mol. The molecular formula is C31H26N2O6S. The smallest absolute Gasteiger partial charge is 0.421 e. The summed E-state index contributed by atoms with van der Waals surface area (Å²) in [7, 11) is -3.87. The number of oxazole rings is 1. The summed E-state index contributed by atoms with van der Waals surface area (Å²) in [6.45, 7) is 0.0560. The van der Waals surface area contributed by atoms with Crippen molar-refractivity contribution in [1.29, 1.82) is 0 Å². The second-order valence-corrected chi connectivity index (χ2v) is 12.1. The Morgan fingerprint density at radius 3 is 1.82 bits per heavy atom. The van der Waals surface area contributed by atoms with Crippen LogP contribution in [0.3, 0.4) is 0 Å². The Hall–Kier alpha value is -4.63. The van der Waals surface area contributed by atoms with E-state index in [2.05, 4.69) is 0 Å². The zero-order chi connectivity index (χ0) is 27.9. The first-order chi connectivity index (χ1) is 19.3. The van der Waals surface area contributed by atoms with Crippen molar-refractivity contribution in [3.8, 4) is 0 Å². The van der Waals surface area contributed by atoms with Gasteiger partial charge in [0, 0.05) is 19.2 Å². The van der Waals surface area contributed by atoms with Crippen LogP contribution in [0, 0.1) is 0 Å². The van der Waals surface area contributed by atoms with Crippen LogP contribution in [0.15, 0.2) is 123 Å². The summed E-state index contributed by atoms with van der Waals surface area (Å²) < 4.78 is 34.3. The molecule has 1 saturated heterocycles. The first kappa shape index (κ1) is 25.6. The van der Waals surface area contributed by atoms with Crippen LogP contribution in [0.4, 0.5) is 4.79 Å². The third-order valence-electron chi connectivity index (χ3n) is 7.65. The third kappa shape index (κ3) is 4.01. The predicted octanol–water partition coefficient (Wildman–Crippen LogP) is 4.96.